The van der Waals surface area contributed by atoms with Crippen LogP contribution in [0.2, 0.25) is 0 Å². The second-order valence-corrected chi connectivity index (χ2v) is 3.76. The Balaban J connectivity index is -0.000000238. The molecule has 0 aromatic heterocycles. The SMILES string of the molecule is CC.CC.CC.CC.O=C(CC(=O)c1ccccc1)c1ccccc1.[V]. The molecule has 2 aromatic rings. The van der Waals surface area contributed by atoms with Crippen molar-refractivity contribution in [3.05, 3.63) is 71.8 Å². The van der Waals surface area contributed by atoms with Crippen molar-refractivity contribution in [2.24, 2.45) is 0 Å². The molecule has 0 fully saturated rings. The van der Waals surface area contributed by atoms with Gasteiger partial charge in [0.15, 0.2) is 11.6 Å². The van der Waals surface area contributed by atoms with Crippen LogP contribution in [0, 0.1) is 0 Å². The molecule has 1 radical (unpaired) electrons. The number of Topliss-reactive ketones (excluding diaryl/α,β-unsaturated/α-hetero) is 2. The molecule has 0 amide bonds. The average Bonchev–Trinajstić information content (AvgIpc) is 2.75. The van der Waals surface area contributed by atoms with Crippen LogP contribution in [0.3, 0.4) is 0 Å². The molecule has 0 unspecified atom stereocenters. The summed E-state index contributed by atoms with van der Waals surface area (Å²) in [6.07, 6.45) is -0.0754. The quantitative estimate of drug-likeness (QED) is 0.404. The Bertz CT molecular complexity index is 473. The van der Waals surface area contributed by atoms with Gasteiger partial charge in [-0.05, 0) is 0 Å². The summed E-state index contributed by atoms with van der Waals surface area (Å²) in [5.41, 5.74) is 1.16. The largest absolute Gasteiger partial charge is 0.294 e. The smallest absolute Gasteiger partial charge is 0.170 e. The van der Waals surface area contributed by atoms with Crippen LogP contribution in [0.25, 0.3) is 0 Å². The van der Waals surface area contributed by atoms with E-state index in [9.17, 15) is 9.59 Å². The first-order valence-corrected chi connectivity index (χ1v) is 9.44. The Morgan fingerprint density at radius 2 is 0.769 bits per heavy atom. The van der Waals surface area contributed by atoms with Gasteiger partial charge in [-0.2, -0.15) is 0 Å². The minimum absolute atomic E-state index is 0. The van der Waals surface area contributed by atoms with Crippen molar-refractivity contribution in [2.45, 2.75) is 61.8 Å². The van der Waals surface area contributed by atoms with Crippen molar-refractivity contribution in [1.82, 2.24) is 0 Å². The van der Waals surface area contributed by atoms with Crippen molar-refractivity contribution in [1.29, 1.82) is 0 Å². The zero-order chi connectivity index (χ0) is 20.1. The van der Waals surface area contributed by atoms with Gasteiger partial charge in [0.1, 0.15) is 0 Å². The summed E-state index contributed by atoms with van der Waals surface area (Å²) in [6.45, 7) is 16.0. The molecule has 0 heterocycles. The first-order chi connectivity index (χ1) is 12.3. The Labute approximate surface area is 173 Å². The number of ketones is 2. The van der Waals surface area contributed by atoms with Gasteiger partial charge >= 0.3 is 0 Å². The summed E-state index contributed by atoms with van der Waals surface area (Å²) in [5, 5.41) is 0. The second kappa shape index (κ2) is 25.6. The number of hydrogen-bond donors (Lipinski definition) is 0. The van der Waals surface area contributed by atoms with E-state index in [4.69, 9.17) is 0 Å². The van der Waals surface area contributed by atoms with Gasteiger partial charge in [0, 0.05) is 29.7 Å². The van der Waals surface area contributed by atoms with Gasteiger partial charge < -0.3 is 0 Å². The van der Waals surface area contributed by atoms with E-state index in [1.54, 1.807) is 48.5 Å². The van der Waals surface area contributed by atoms with Crippen molar-refractivity contribution >= 4 is 11.6 Å². The number of rotatable bonds is 4. The van der Waals surface area contributed by atoms with Crippen LogP contribution in [0.15, 0.2) is 60.7 Å². The van der Waals surface area contributed by atoms with Crippen LogP contribution in [-0.2, 0) is 18.6 Å². The number of hydrogen-bond acceptors (Lipinski definition) is 2. The summed E-state index contributed by atoms with van der Waals surface area (Å²) < 4.78 is 0. The van der Waals surface area contributed by atoms with E-state index in [1.165, 1.54) is 0 Å². The maximum Gasteiger partial charge on any atom is 0.170 e. The first-order valence-electron chi connectivity index (χ1n) is 9.44. The molecule has 2 aromatic carbocycles. The molecule has 0 aliphatic rings. The summed E-state index contributed by atoms with van der Waals surface area (Å²) in [7, 11) is 0. The Morgan fingerprint density at radius 3 is 1.00 bits per heavy atom. The van der Waals surface area contributed by atoms with Crippen molar-refractivity contribution in [3.8, 4) is 0 Å². The van der Waals surface area contributed by atoms with Crippen LogP contribution in [0.5, 0.6) is 0 Å². The fraction of sp³-hybridized carbons (Fsp3) is 0.391. The van der Waals surface area contributed by atoms with Crippen molar-refractivity contribution < 1.29 is 28.1 Å². The van der Waals surface area contributed by atoms with Gasteiger partial charge in [-0.15, -0.1) is 0 Å². The predicted molar refractivity (Wildman–Crippen MR) is 112 cm³/mol. The third kappa shape index (κ3) is 14.7. The fourth-order valence-corrected chi connectivity index (χ4v) is 1.60. The summed E-state index contributed by atoms with van der Waals surface area (Å²) in [5.74, 6) is -0.279. The minimum atomic E-state index is -0.139. The van der Waals surface area contributed by atoms with Crippen LogP contribution in [-0.4, -0.2) is 11.6 Å². The summed E-state index contributed by atoms with van der Waals surface area (Å²) >= 11 is 0. The van der Waals surface area contributed by atoms with Gasteiger partial charge in [-0.3, -0.25) is 9.59 Å². The van der Waals surface area contributed by atoms with E-state index < -0.39 is 0 Å². The number of carbonyl (C=O) groups excluding carboxylic acids is 2. The standard InChI is InChI=1S/C15H12O2.4C2H6.V/c16-14(12-7-3-1-4-8-12)11-15(17)13-9-5-2-6-10-13;4*1-2;/h1-10H,11H2;4*1-2H3;. The van der Waals surface area contributed by atoms with Crippen molar-refractivity contribution in [2.75, 3.05) is 0 Å². The Morgan fingerprint density at radius 1 is 0.538 bits per heavy atom. The van der Waals surface area contributed by atoms with Gasteiger partial charge in [0.25, 0.3) is 0 Å². The van der Waals surface area contributed by atoms with Gasteiger partial charge in [0.05, 0.1) is 6.42 Å². The zero-order valence-corrected chi connectivity index (χ0v) is 19.1. The van der Waals surface area contributed by atoms with Gasteiger partial charge in [-0.1, -0.05) is 116 Å². The molecule has 0 spiro atoms. The molecule has 0 N–H and O–H groups in total. The van der Waals surface area contributed by atoms with Crippen LogP contribution < -0.4 is 0 Å². The van der Waals surface area contributed by atoms with E-state index in [-0.39, 0.29) is 36.5 Å². The van der Waals surface area contributed by atoms with Gasteiger partial charge in [0.2, 0.25) is 0 Å². The molecule has 145 valence electrons. The van der Waals surface area contributed by atoms with Gasteiger partial charge in [-0.25, -0.2) is 0 Å². The normalized spacial score (nSPS) is 7.38. The Kier molecular flexibility index (Phi) is 31.6. The molecular formula is C23H36O2V. The van der Waals surface area contributed by atoms with E-state index >= 15 is 0 Å². The third-order valence-corrected chi connectivity index (χ3v) is 2.51. The molecule has 0 bridgehead atoms. The first kappa shape index (κ1) is 32.1. The molecule has 2 nitrogen and oxygen atoms in total. The van der Waals surface area contributed by atoms with E-state index in [0.29, 0.717) is 11.1 Å². The van der Waals surface area contributed by atoms with Crippen LogP contribution >= 0.6 is 0 Å². The molecule has 2 rings (SSSR count). The van der Waals surface area contributed by atoms with E-state index in [2.05, 4.69) is 0 Å². The maximum absolute atomic E-state index is 11.8. The second-order valence-electron chi connectivity index (χ2n) is 3.76. The number of carbonyl (C=O) groups is 2. The predicted octanol–water partition coefficient (Wildman–Crippen LogP) is 7.24. The van der Waals surface area contributed by atoms with Crippen LogP contribution in [0.1, 0.15) is 82.5 Å². The van der Waals surface area contributed by atoms with Crippen molar-refractivity contribution in [3.63, 3.8) is 0 Å². The van der Waals surface area contributed by atoms with Crippen LogP contribution in [0.4, 0.5) is 0 Å². The zero-order valence-electron chi connectivity index (χ0n) is 17.7. The summed E-state index contributed by atoms with van der Waals surface area (Å²) in [6, 6.07) is 17.7. The molecule has 0 aliphatic heterocycles. The molecule has 3 heteroatoms. The average molecular weight is 395 g/mol. The number of benzene rings is 2. The van der Waals surface area contributed by atoms with E-state index in [1.807, 2.05) is 67.5 Å². The molecule has 0 atom stereocenters. The fourth-order valence-electron chi connectivity index (χ4n) is 1.60. The third-order valence-electron chi connectivity index (χ3n) is 2.51. The summed E-state index contributed by atoms with van der Waals surface area (Å²) in [4.78, 5) is 23.6. The monoisotopic (exact) mass is 395 g/mol. The molecule has 26 heavy (non-hydrogen) atoms. The molecular weight excluding hydrogens is 359 g/mol. The maximum atomic E-state index is 11.8. The Hall–Kier alpha value is -1.64. The minimum Gasteiger partial charge on any atom is -0.294 e. The molecule has 0 aliphatic carbocycles. The molecule has 0 saturated heterocycles. The topological polar surface area (TPSA) is 34.1 Å². The van der Waals surface area contributed by atoms with E-state index in [0.717, 1.165) is 0 Å². The molecule has 0 saturated carbocycles.